The number of sulfonamides is 1. The quantitative estimate of drug-likeness (QED) is 0.363. The maximum absolute atomic E-state index is 13.2. The molecule has 0 unspecified atom stereocenters. The van der Waals surface area contributed by atoms with E-state index in [-0.39, 0.29) is 23.3 Å². The average Bonchev–Trinajstić information content (AvgIpc) is 2.98. The minimum absolute atomic E-state index is 0.213. The van der Waals surface area contributed by atoms with E-state index in [1.807, 2.05) is 0 Å². The first-order valence-electron chi connectivity index (χ1n) is 6.54. The van der Waals surface area contributed by atoms with Crippen molar-refractivity contribution in [2.45, 2.75) is 36.6 Å². The second-order valence-electron chi connectivity index (χ2n) is 4.92. The van der Waals surface area contributed by atoms with Crippen molar-refractivity contribution in [3.8, 4) is 0 Å². The van der Waals surface area contributed by atoms with Crippen molar-refractivity contribution in [2.75, 3.05) is 6.54 Å². The van der Waals surface area contributed by atoms with Gasteiger partial charge in [-0.05, 0) is 18.9 Å². The smallest absolute Gasteiger partial charge is 0.245 e. The Kier molecular flexibility index (Phi) is 4.73. The highest BCUT2D eigenvalue weighted by molar-refractivity contribution is 7.89. The van der Waals surface area contributed by atoms with Crippen molar-refractivity contribution in [1.29, 1.82) is 0 Å². The van der Waals surface area contributed by atoms with Gasteiger partial charge in [0.1, 0.15) is 10.7 Å². The number of hydrogen-bond acceptors (Lipinski definition) is 5. The largest absolute Gasteiger partial charge is 0.409 e. The van der Waals surface area contributed by atoms with E-state index in [0.29, 0.717) is 12.8 Å². The van der Waals surface area contributed by atoms with E-state index in [2.05, 4.69) is 10.1 Å². The van der Waals surface area contributed by atoms with Gasteiger partial charge in [-0.25, -0.2) is 12.8 Å². The third kappa shape index (κ3) is 3.48. The summed E-state index contributed by atoms with van der Waals surface area (Å²) in [6, 6.07) is 0.676. The maximum Gasteiger partial charge on any atom is 0.245 e. The van der Waals surface area contributed by atoms with E-state index < -0.39 is 15.8 Å². The van der Waals surface area contributed by atoms with Gasteiger partial charge in [0.05, 0.1) is 12.7 Å². The summed E-state index contributed by atoms with van der Waals surface area (Å²) in [7, 11) is -3.95. The Morgan fingerprint density at radius 2 is 2.14 bits per heavy atom. The molecule has 0 aliphatic heterocycles. The van der Waals surface area contributed by atoms with Crippen LogP contribution in [0.1, 0.15) is 25.7 Å². The second kappa shape index (κ2) is 6.35. The Morgan fingerprint density at radius 1 is 1.48 bits per heavy atom. The number of amidine groups is 1. The number of oxime groups is 1. The normalized spacial score (nSPS) is 17.5. The van der Waals surface area contributed by atoms with Crippen LogP contribution < -0.4 is 5.73 Å². The van der Waals surface area contributed by atoms with Crippen LogP contribution in [0.5, 0.6) is 0 Å². The number of halogens is 1. The maximum atomic E-state index is 13.2. The molecule has 0 atom stereocenters. The summed E-state index contributed by atoms with van der Waals surface area (Å²) in [5.74, 6) is -0.943. The molecule has 1 aromatic rings. The molecule has 0 aromatic carbocycles. The zero-order chi connectivity index (χ0) is 15.5. The van der Waals surface area contributed by atoms with Crippen LogP contribution in [0.2, 0.25) is 0 Å². The summed E-state index contributed by atoms with van der Waals surface area (Å²) < 4.78 is 39.7. The SMILES string of the molecule is NC(CN(C1CCCC1)S(=O)(=O)c1cncc(F)c1)=NO. The van der Waals surface area contributed by atoms with Crippen LogP contribution in [0.3, 0.4) is 0 Å². The first-order chi connectivity index (χ1) is 9.95. The summed E-state index contributed by atoms with van der Waals surface area (Å²) in [5, 5.41) is 11.5. The lowest BCUT2D eigenvalue weighted by molar-refractivity contribution is 0.308. The van der Waals surface area contributed by atoms with Gasteiger partial charge in [0.25, 0.3) is 0 Å². The molecule has 0 radical (unpaired) electrons. The highest BCUT2D eigenvalue weighted by Crippen LogP contribution is 2.28. The topological polar surface area (TPSA) is 109 Å². The highest BCUT2D eigenvalue weighted by Gasteiger charge is 2.34. The Balaban J connectivity index is 2.38. The van der Waals surface area contributed by atoms with E-state index in [0.717, 1.165) is 35.6 Å². The van der Waals surface area contributed by atoms with Gasteiger partial charge in [0, 0.05) is 12.2 Å². The van der Waals surface area contributed by atoms with Crippen molar-refractivity contribution >= 4 is 15.9 Å². The lowest BCUT2D eigenvalue weighted by atomic mass is 10.2. The van der Waals surface area contributed by atoms with Gasteiger partial charge in [-0.3, -0.25) is 4.98 Å². The average molecular weight is 316 g/mol. The fraction of sp³-hybridized carbons (Fsp3) is 0.500. The number of hydrogen-bond donors (Lipinski definition) is 2. The van der Waals surface area contributed by atoms with Gasteiger partial charge in [0.2, 0.25) is 10.0 Å². The molecule has 7 nitrogen and oxygen atoms in total. The number of nitrogens with two attached hydrogens (primary N) is 1. The van der Waals surface area contributed by atoms with E-state index in [4.69, 9.17) is 10.9 Å². The fourth-order valence-corrected chi connectivity index (χ4v) is 4.09. The molecule has 21 heavy (non-hydrogen) atoms. The summed E-state index contributed by atoms with van der Waals surface area (Å²) >= 11 is 0. The molecular formula is C12H17FN4O3S. The van der Waals surface area contributed by atoms with Crippen LogP contribution in [0.15, 0.2) is 28.5 Å². The van der Waals surface area contributed by atoms with Crippen LogP contribution in [-0.2, 0) is 10.0 Å². The van der Waals surface area contributed by atoms with Gasteiger partial charge in [-0.1, -0.05) is 18.0 Å². The standard InChI is InChI=1S/C12H17FN4O3S/c13-9-5-11(7-15-6-9)21(19,20)17(8-12(14)16-18)10-3-1-2-4-10/h5-7,10,18H,1-4,8H2,(H2,14,16). The molecule has 116 valence electrons. The molecule has 0 spiro atoms. The van der Waals surface area contributed by atoms with Crippen molar-refractivity contribution < 1.29 is 18.0 Å². The van der Waals surface area contributed by atoms with Crippen LogP contribution in [0.25, 0.3) is 0 Å². The molecule has 9 heteroatoms. The van der Waals surface area contributed by atoms with Crippen molar-refractivity contribution in [3.05, 3.63) is 24.3 Å². The van der Waals surface area contributed by atoms with Gasteiger partial charge in [-0.15, -0.1) is 0 Å². The molecular weight excluding hydrogens is 299 g/mol. The molecule has 1 aliphatic rings. The monoisotopic (exact) mass is 316 g/mol. The molecule has 1 heterocycles. The lowest BCUT2D eigenvalue weighted by Crippen LogP contribution is -2.44. The van der Waals surface area contributed by atoms with E-state index >= 15 is 0 Å². The molecule has 1 aliphatic carbocycles. The van der Waals surface area contributed by atoms with E-state index in [1.165, 1.54) is 0 Å². The summed E-state index contributed by atoms with van der Waals surface area (Å²) in [6.07, 6.45) is 5.24. The van der Waals surface area contributed by atoms with Crippen molar-refractivity contribution in [3.63, 3.8) is 0 Å². The van der Waals surface area contributed by atoms with Crippen LogP contribution in [0.4, 0.5) is 4.39 Å². The number of pyridine rings is 1. The number of nitrogens with zero attached hydrogens (tertiary/aromatic N) is 3. The van der Waals surface area contributed by atoms with Gasteiger partial charge in [0.15, 0.2) is 5.84 Å². The molecule has 1 aromatic heterocycles. The molecule has 0 amide bonds. The Labute approximate surface area is 122 Å². The molecule has 1 saturated carbocycles. The molecule has 0 bridgehead atoms. The highest BCUT2D eigenvalue weighted by atomic mass is 32.2. The van der Waals surface area contributed by atoms with Crippen LogP contribution in [0, 0.1) is 5.82 Å². The number of aromatic nitrogens is 1. The Bertz CT molecular complexity index is 629. The number of rotatable bonds is 5. The van der Waals surface area contributed by atoms with Gasteiger partial charge >= 0.3 is 0 Å². The minimum atomic E-state index is -3.95. The first-order valence-corrected chi connectivity index (χ1v) is 7.98. The fourth-order valence-electron chi connectivity index (χ4n) is 2.46. The van der Waals surface area contributed by atoms with E-state index in [9.17, 15) is 12.8 Å². The predicted octanol–water partition coefficient (Wildman–Crippen LogP) is 0.900. The third-order valence-corrected chi connectivity index (χ3v) is 5.33. The Morgan fingerprint density at radius 3 is 2.71 bits per heavy atom. The lowest BCUT2D eigenvalue weighted by Gasteiger charge is -2.27. The van der Waals surface area contributed by atoms with Gasteiger partial charge < -0.3 is 10.9 Å². The Hall–Kier alpha value is -1.74. The minimum Gasteiger partial charge on any atom is -0.409 e. The van der Waals surface area contributed by atoms with Crippen LogP contribution in [-0.4, -0.2) is 41.3 Å². The van der Waals surface area contributed by atoms with Crippen molar-refractivity contribution in [2.24, 2.45) is 10.9 Å². The zero-order valence-corrected chi connectivity index (χ0v) is 12.1. The summed E-state index contributed by atoms with van der Waals surface area (Å²) in [5.41, 5.74) is 5.45. The van der Waals surface area contributed by atoms with E-state index in [1.54, 1.807) is 0 Å². The van der Waals surface area contributed by atoms with Gasteiger partial charge in [-0.2, -0.15) is 4.31 Å². The zero-order valence-electron chi connectivity index (χ0n) is 11.3. The summed E-state index contributed by atoms with van der Waals surface area (Å²) in [6.45, 7) is -0.236. The second-order valence-corrected chi connectivity index (χ2v) is 6.81. The van der Waals surface area contributed by atoms with Crippen molar-refractivity contribution in [1.82, 2.24) is 9.29 Å². The first kappa shape index (κ1) is 15.6. The van der Waals surface area contributed by atoms with Crippen LogP contribution >= 0.6 is 0 Å². The molecule has 1 fully saturated rings. The predicted molar refractivity (Wildman–Crippen MR) is 73.8 cm³/mol. The molecule has 2 rings (SSSR count). The third-order valence-electron chi connectivity index (χ3n) is 3.46. The molecule has 3 N–H and O–H groups in total. The molecule has 0 saturated heterocycles. The summed E-state index contributed by atoms with van der Waals surface area (Å²) in [4.78, 5) is 3.33.